The number of benzene rings is 1. The van der Waals surface area contributed by atoms with Gasteiger partial charge in [0.2, 0.25) is 0 Å². The quantitative estimate of drug-likeness (QED) is 0.526. The molecule has 1 aromatic carbocycles. The second kappa shape index (κ2) is 6.53. The number of carbonyl (C=O) groups is 1. The van der Waals surface area contributed by atoms with E-state index in [-0.39, 0.29) is 16.4 Å². The molecule has 0 aliphatic carbocycles. The third kappa shape index (κ3) is 3.80. The van der Waals surface area contributed by atoms with Crippen molar-refractivity contribution in [3.8, 4) is 0 Å². The first-order chi connectivity index (χ1) is 10.1. The molecule has 1 aromatic heterocycles. The minimum Gasteiger partial charge on any atom is -0.265 e. The topological polar surface area (TPSA) is 110 Å². The van der Waals surface area contributed by atoms with E-state index in [1.165, 1.54) is 43.0 Å². The van der Waals surface area contributed by atoms with Crippen molar-refractivity contribution < 1.29 is 9.72 Å². The van der Waals surface area contributed by atoms with E-state index in [4.69, 9.17) is 11.6 Å². The van der Waals surface area contributed by atoms with Gasteiger partial charge in [-0.05, 0) is 6.07 Å². The third-order valence-corrected chi connectivity index (χ3v) is 2.66. The summed E-state index contributed by atoms with van der Waals surface area (Å²) in [6.45, 7) is 0. The number of carbonyl (C=O) groups excluding carboxylic acids is 1. The Bertz CT molecular complexity index is 705. The number of amides is 1. The van der Waals surface area contributed by atoms with Crippen LogP contribution in [0.5, 0.6) is 0 Å². The van der Waals surface area contributed by atoms with Gasteiger partial charge in [-0.25, -0.2) is 10.4 Å². The van der Waals surface area contributed by atoms with Crippen molar-refractivity contribution in [3.63, 3.8) is 0 Å². The highest BCUT2D eigenvalue weighted by molar-refractivity contribution is 6.32. The highest BCUT2D eigenvalue weighted by atomic mass is 35.5. The summed E-state index contributed by atoms with van der Waals surface area (Å²) >= 11 is 5.68. The summed E-state index contributed by atoms with van der Waals surface area (Å²) in [6, 6.07) is 4.17. The second-order valence-corrected chi connectivity index (χ2v) is 4.16. The Morgan fingerprint density at radius 3 is 2.90 bits per heavy atom. The second-order valence-electron chi connectivity index (χ2n) is 3.76. The van der Waals surface area contributed by atoms with Gasteiger partial charge in [-0.2, -0.15) is 5.10 Å². The number of halogens is 1. The van der Waals surface area contributed by atoms with Crippen molar-refractivity contribution >= 4 is 29.4 Å². The van der Waals surface area contributed by atoms with Gasteiger partial charge in [0.15, 0.2) is 0 Å². The van der Waals surface area contributed by atoms with Gasteiger partial charge >= 0.3 is 0 Å². The van der Waals surface area contributed by atoms with Gasteiger partial charge in [-0.1, -0.05) is 17.7 Å². The zero-order valence-corrected chi connectivity index (χ0v) is 11.2. The lowest BCUT2D eigenvalue weighted by molar-refractivity contribution is -0.384. The zero-order chi connectivity index (χ0) is 15.2. The van der Waals surface area contributed by atoms with Crippen LogP contribution in [0, 0.1) is 10.1 Å². The predicted octanol–water partition coefficient (Wildman–Crippen LogP) is 1.80. The lowest BCUT2D eigenvalue weighted by Gasteiger charge is -1.98. The van der Waals surface area contributed by atoms with Crippen molar-refractivity contribution in [1.29, 1.82) is 0 Å². The number of hydrogen-bond acceptors (Lipinski definition) is 6. The Hall–Kier alpha value is -2.87. The Morgan fingerprint density at radius 2 is 2.24 bits per heavy atom. The van der Waals surface area contributed by atoms with Crippen LogP contribution in [-0.4, -0.2) is 27.0 Å². The molecular weight excluding hydrogens is 298 g/mol. The van der Waals surface area contributed by atoms with Crippen LogP contribution >= 0.6 is 11.6 Å². The standard InChI is InChI=1S/C12H8ClN5O3/c13-9-2-1-8(5-11(9)18(20)21)6-16-17-12(19)10-7-14-3-4-15-10/h1-7H,(H,17,19)/b16-6-. The molecule has 1 heterocycles. The number of rotatable bonds is 4. The van der Waals surface area contributed by atoms with Crippen LogP contribution in [0.2, 0.25) is 5.02 Å². The van der Waals surface area contributed by atoms with Crippen LogP contribution in [0.4, 0.5) is 5.69 Å². The summed E-state index contributed by atoms with van der Waals surface area (Å²) in [4.78, 5) is 29.3. The molecule has 2 rings (SSSR count). The minimum atomic E-state index is -0.599. The Kier molecular flexibility index (Phi) is 4.52. The van der Waals surface area contributed by atoms with Crippen molar-refractivity contribution in [2.75, 3.05) is 0 Å². The largest absolute Gasteiger partial charge is 0.291 e. The highest BCUT2D eigenvalue weighted by Gasteiger charge is 2.12. The molecule has 9 heteroatoms. The molecule has 0 saturated heterocycles. The van der Waals surface area contributed by atoms with Crippen LogP contribution in [0.3, 0.4) is 0 Å². The summed E-state index contributed by atoms with van der Waals surface area (Å²) in [5.41, 5.74) is 2.53. The zero-order valence-electron chi connectivity index (χ0n) is 10.4. The van der Waals surface area contributed by atoms with Crippen molar-refractivity contribution in [2.24, 2.45) is 5.10 Å². The maximum Gasteiger partial charge on any atom is 0.291 e. The molecule has 1 amide bonds. The van der Waals surface area contributed by atoms with Gasteiger partial charge in [-0.3, -0.25) is 19.9 Å². The van der Waals surface area contributed by atoms with Gasteiger partial charge in [0, 0.05) is 24.0 Å². The fourth-order valence-electron chi connectivity index (χ4n) is 1.39. The number of hydrogen-bond donors (Lipinski definition) is 1. The molecule has 0 spiro atoms. The van der Waals surface area contributed by atoms with Crippen LogP contribution in [0.25, 0.3) is 0 Å². The molecule has 0 radical (unpaired) electrons. The molecule has 0 fully saturated rings. The first kappa shape index (κ1) is 14.5. The summed E-state index contributed by atoms with van der Waals surface area (Å²) in [7, 11) is 0. The van der Waals surface area contributed by atoms with E-state index < -0.39 is 10.8 Å². The van der Waals surface area contributed by atoms with Crippen molar-refractivity contribution in [3.05, 3.63) is 63.2 Å². The van der Waals surface area contributed by atoms with Gasteiger partial charge in [0.1, 0.15) is 10.7 Å². The first-order valence-corrected chi connectivity index (χ1v) is 5.99. The van der Waals surface area contributed by atoms with Gasteiger partial charge in [-0.15, -0.1) is 0 Å². The molecule has 0 unspecified atom stereocenters. The van der Waals surface area contributed by atoms with E-state index in [0.717, 1.165) is 0 Å². The van der Waals surface area contributed by atoms with E-state index >= 15 is 0 Å². The lowest BCUT2D eigenvalue weighted by Crippen LogP contribution is -2.19. The Labute approximate surface area is 123 Å². The summed E-state index contributed by atoms with van der Waals surface area (Å²) in [6.07, 6.45) is 5.36. The Balaban J connectivity index is 2.07. The fourth-order valence-corrected chi connectivity index (χ4v) is 1.58. The van der Waals surface area contributed by atoms with Gasteiger partial charge in [0.25, 0.3) is 11.6 Å². The minimum absolute atomic E-state index is 0.0285. The number of nitro groups is 1. The maximum atomic E-state index is 11.6. The molecule has 21 heavy (non-hydrogen) atoms. The average Bonchev–Trinajstić information content (AvgIpc) is 2.49. The number of hydrazone groups is 1. The maximum absolute atomic E-state index is 11.6. The summed E-state index contributed by atoms with van der Waals surface area (Å²) < 4.78 is 0. The molecule has 0 saturated carbocycles. The van der Waals surface area contributed by atoms with Crippen LogP contribution in [0.15, 0.2) is 41.9 Å². The van der Waals surface area contributed by atoms with Crippen molar-refractivity contribution in [1.82, 2.24) is 15.4 Å². The van der Waals surface area contributed by atoms with Crippen LogP contribution in [-0.2, 0) is 0 Å². The van der Waals surface area contributed by atoms with Crippen molar-refractivity contribution in [2.45, 2.75) is 0 Å². The van der Waals surface area contributed by atoms with Crippen LogP contribution in [0.1, 0.15) is 16.1 Å². The number of nitrogens with zero attached hydrogens (tertiary/aromatic N) is 4. The van der Waals surface area contributed by atoms with E-state index in [9.17, 15) is 14.9 Å². The monoisotopic (exact) mass is 305 g/mol. The molecule has 0 atom stereocenters. The number of nitro benzene ring substituents is 1. The van der Waals surface area contributed by atoms with Gasteiger partial charge in [0.05, 0.1) is 17.3 Å². The molecular formula is C12H8ClN5O3. The Morgan fingerprint density at radius 1 is 1.43 bits per heavy atom. The normalized spacial score (nSPS) is 10.5. The molecule has 0 aliphatic heterocycles. The molecule has 2 aromatic rings. The molecule has 0 bridgehead atoms. The van der Waals surface area contributed by atoms with E-state index in [1.807, 2.05) is 0 Å². The third-order valence-electron chi connectivity index (χ3n) is 2.34. The van der Waals surface area contributed by atoms with E-state index in [2.05, 4.69) is 20.5 Å². The van der Waals surface area contributed by atoms with E-state index in [0.29, 0.717) is 5.56 Å². The van der Waals surface area contributed by atoms with Crippen LogP contribution < -0.4 is 5.43 Å². The average molecular weight is 306 g/mol. The van der Waals surface area contributed by atoms with Gasteiger partial charge < -0.3 is 0 Å². The highest BCUT2D eigenvalue weighted by Crippen LogP contribution is 2.24. The molecule has 0 aliphatic rings. The molecule has 8 nitrogen and oxygen atoms in total. The molecule has 106 valence electrons. The number of aromatic nitrogens is 2. The van der Waals surface area contributed by atoms with E-state index in [1.54, 1.807) is 0 Å². The first-order valence-electron chi connectivity index (χ1n) is 5.61. The summed E-state index contributed by atoms with van der Waals surface area (Å²) in [5.74, 6) is -0.539. The predicted molar refractivity (Wildman–Crippen MR) is 75.2 cm³/mol. The molecule has 1 N–H and O–H groups in total. The summed E-state index contributed by atoms with van der Waals surface area (Å²) in [5, 5.41) is 14.5. The smallest absolute Gasteiger partial charge is 0.265 e. The fraction of sp³-hybridized carbons (Fsp3) is 0. The SMILES string of the molecule is O=C(N/N=C\c1ccc(Cl)c([N+](=O)[O-])c1)c1cnccn1. The lowest BCUT2D eigenvalue weighted by atomic mass is 10.2. The number of nitrogens with one attached hydrogen (secondary N) is 1.